The molecule has 0 saturated heterocycles. The van der Waals surface area contributed by atoms with Gasteiger partial charge in [-0.1, -0.05) is 30.3 Å². The van der Waals surface area contributed by atoms with Gasteiger partial charge in [0, 0.05) is 32.7 Å². The van der Waals surface area contributed by atoms with E-state index in [9.17, 15) is 37.8 Å². The smallest absolute Gasteiger partial charge is 0.430 e. The lowest BCUT2D eigenvalue weighted by Gasteiger charge is -2.35. The zero-order valence-electron chi connectivity index (χ0n) is 19.4. The van der Waals surface area contributed by atoms with Gasteiger partial charge in [-0.2, -0.15) is 13.2 Å². The summed E-state index contributed by atoms with van der Waals surface area (Å²) in [5.74, 6) is -5.50. The third-order valence-corrected chi connectivity index (χ3v) is 4.87. The van der Waals surface area contributed by atoms with Gasteiger partial charge in [0.1, 0.15) is 18.1 Å². The molecule has 0 fully saturated rings. The maximum Gasteiger partial charge on any atom is 0.430 e. The highest BCUT2D eigenvalue weighted by Crippen LogP contribution is 2.20. The van der Waals surface area contributed by atoms with E-state index in [0.717, 1.165) is 5.56 Å². The first kappa shape index (κ1) is 30.4. The number of aliphatic carboxylic acids is 2. The molecule has 0 saturated carbocycles. The number of nitrogens with zero attached hydrogens (tertiary/aromatic N) is 1. The minimum Gasteiger partial charge on any atom is -0.542 e. The zero-order chi connectivity index (χ0) is 27.5. The molecule has 0 bridgehead atoms. The molecule has 200 valence electrons. The molecule has 11 nitrogen and oxygen atoms in total. The van der Waals surface area contributed by atoms with Crippen molar-refractivity contribution in [1.29, 1.82) is 0 Å². The molecule has 2 rings (SSSR count). The highest BCUT2D eigenvalue weighted by atomic mass is 19.4. The van der Waals surface area contributed by atoms with Gasteiger partial charge in [0.15, 0.2) is 0 Å². The number of hydrogen-bond acceptors (Lipinski definition) is 7. The largest absolute Gasteiger partial charge is 0.542 e. The summed E-state index contributed by atoms with van der Waals surface area (Å²) in [7, 11) is 0. The Morgan fingerprint density at radius 1 is 1.17 bits per heavy atom. The van der Waals surface area contributed by atoms with Crippen molar-refractivity contribution < 1.29 is 58.1 Å². The second-order valence-electron chi connectivity index (χ2n) is 7.69. The van der Waals surface area contributed by atoms with Gasteiger partial charge in [0.25, 0.3) is 5.91 Å². The van der Waals surface area contributed by atoms with Gasteiger partial charge in [0.05, 0.1) is 0 Å². The van der Waals surface area contributed by atoms with Crippen LogP contribution in [0.25, 0.3) is 0 Å². The summed E-state index contributed by atoms with van der Waals surface area (Å²) in [5.41, 5.74) is 4.91. The molecule has 14 heteroatoms. The Balaban J connectivity index is 0.000000809. The summed E-state index contributed by atoms with van der Waals surface area (Å²) < 4.78 is 37.0. The minimum absolute atomic E-state index is 0.0893. The number of rotatable bonds is 9. The van der Waals surface area contributed by atoms with Crippen molar-refractivity contribution in [1.82, 2.24) is 10.2 Å². The van der Waals surface area contributed by atoms with Crippen LogP contribution in [0.3, 0.4) is 0 Å². The molecule has 3 atom stereocenters. The average Bonchev–Trinajstić information content (AvgIpc) is 2.80. The number of benzene rings is 1. The van der Waals surface area contributed by atoms with Crippen LogP contribution in [0.4, 0.5) is 13.2 Å². The van der Waals surface area contributed by atoms with Crippen molar-refractivity contribution in [2.24, 2.45) is 0 Å². The number of alkyl halides is 3. The fraction of sp³-hybridized carbons (Fsp3) is 0.455. The van der Waals surface area contributed by atoms with E-state index in [1.165, 1.54) is 17.9 Å². The molecule has 1 aliphatic rings. The molecule has 0 spiro atoms. The maximum atomic E-state index is 13.3. The zero-order valence-corrected chi connectivity index (χ0v) is 19.4. The molecule has 36 heavy (non-hydrogen) atoms. The van der Waals surface area contributed by atoms with Gasteiger partial charge in [-0.3, -0.25) is 9.59 Å². The average molecular weight is 519 g/mol. The third kappa shape index (κ3) is 9.92. The van der Waals surface area contributed by atoms with E-state index in [4.69, 9.17) is 14.6 Å². The van der Waals surface area contributed by atoms with Gasteiger partial charge in [-0.25, -0.2) is 4.79 Å². The van der Waals surface area contributed by atoms with Crippen LogP contribution in [0.2, 0.25) is 0 Å². The van der Waals surface area contributed by atoms with Crippen LogP contribution in [-0.4, -0.2) is 82.9 Å². The SMILES string of the molecule is CC(=O)N[C@@H]1[C@@H]([NH3+])C=C(C(=O)O)O[C@H]1C(=O)N(CCCO)CCc1ccccc1.O=C([O-])C(F)(F)F. The number of carboxylic acids is 2. The number of aliphatic hydroxyl groups is 1. The molecule has 1 aliphatic heterocycles. The first-order valence-electron chi connectivity index (χ1n) is 10.7. The third-order valence-electron chi connectivity index (χ3n) is 4.87. The van der Waals surface area contributed by atoms with E-state index in [-0.39, 0.29) is 24.8 Å². The summed E-state index contributed by atoms with van der Waals surface area (Å²) in [6, 6.07) is 8.16. The maximum absolute atomic E-state index is 13.3. The van der Waals surface area contributed by atoms with Gasteiger partial charge in [-0.05, 0) is 18.4 Å². The quantitative estimate of drug-likeness (QED) is 0.295. The lowest BCUT2D eigenvalue weighted by molar-refractivity contribution is -0.414. The number of carbonyl (C=O) groups excluding carboxylic acids is 3. The Kier molecular flexibility index (Phi) is 11.8. The van der Waals surface area contributed by atoms with E-state index in [2.05, 4.69) is 11.1 Å². The molecule has 0 aliphatic carbocycles. The standard InChI is InChI=1S/C20H27N3O6.C2HF3O2/c1-13(25)22-17-15(21)12-16(20(27)28)29-18(17)19(26)23(9-5-11-24)10-8-14-6-3-2-4-7-14;3-2(4,5)1(6)7/h2-4,6-7,12,15,17-18,24H,5,8-11,21H2,1H3,(H,22,25)(H,27,28);(H,6,7)/t15-,17+,18+;/m0./s1. The van der Waals surface area contributed by atoms with Crippen LogP contribution < -0.4 is 16.2 Å². The van der Waals surface area contributed by atoms with E-state index < -0.39 is 42.2 Å². The summed E-state index contributed by atoms with van der Waals surface area (Å²) >= 11 is 0. The number of carboxylic acid groups (broad SMARTS) is 2. The molecule has 1 aromatic carbocycles. The van der Waals surface area contributed by atoms with E-state index >= 15 is 0 Å². The second kappa shape index (κ2) is 14.0. The van der Waals surface area contributed by atoms with Crippen molar-refractivity contribution >= 4 is 23.8 Å². The van der Waals surface area contributed by atoms with Crippen LogP contribution in [0, 0.1) is 0 Å². The first-order valence-corrected chi connectivity index (χ1v) is 10.7. The Morgan fingerprint density at radius 3 is 2.22 bits per heavy atom. The number of carbonyl (C=O) groups is 4. The Labute approximate surface area is 204 Å². The molecule has 2 amide bonds. The molecule has 6 N–H and O–H groups in total. The first-order chi connectivity index (χ1) is 16.8. The van der Waals surface area contributed by atoms with Crippen LogP contribution >= 0.6 is 0 Å². The highest BCUT2D eigenvalue weighted by Gasteiger charge is 2.43. The van der Waals surface area contributed by atoms with Gasteiger partial charge < -0.3 is 40.8 Å². The number of halogens is 3. The van der Waals surface area contributed by atoms with Gasteiger partial charge >= 0.3 is 12.1 Å². The predicted octanol–water partition coefficient (Wildman–Crippen LogP) is -1.78. The fourth-order valence-electron chi connectivity index (χ4n) is 3.20. The monoisotopic (exact) mass is 519 g/mol. The molecule has 0 radical (unpaired) electrons. The second-order valence-corrected chi connectivity index (χ2v) is 7.69. The number of ether oxygens (including phenoxy) is 1. The van der Waals surface area contributed by atoms with Crippen molar-refractivity contribution in [3.8, 4) is 0 Å². The summed E-state index contributed by atoms with van der Waals surface area (Å²) in [5, 5.41) is 29.9. The molecule has 0 unspecified atom stereocenters. The number of hydrogen-bond donors (Lipinski definition) is 4. The summed E-state index contributed by atoms with van der Waals surface area (Å²) in [4.78, 5) is 46.6. The van der Waals surface area contributed by atoms with E-state index in [0.29, 0.717) is 19.4 Å². The molecule has 1 aromatic rings. The van der Waals surface area contributed by atoms with Crippen LogP contribution in [-0.2, 0) is 30.3 Å². The predicted molar refractivity (Wildman–Crippen MR) is 114 cm³/mol. The van der Waals surface area contributed by atoms with Crippen molar-refractivity contribution in [2.75, 3.05) is 19.7 Å². The van der Waals surface area contributed by atoms with Crippen LogP contribution in [0.1, 0.15) is 18.9 Å². The number of quaternary nitrogens is 1. The van der Waals surface area contributed by atoms with Gasteiger partial charge in [-0.15, -0.1) is 0 Å². The minimum atomic E-state index is -5.19. The van der Waals surface area contributed by atoms with E-state index in [1.807, 2.05) is 30.3 Å². The van der Waals surface area contributed by atoms with Crippen molar-refractivity contribution in [3.63, 3.8) is 0 Å². The van der Waals surface area contributed by atoms with Crippen LogP contribution in [0.5, 0.6) is 0 Å². The normalized spacial score (nSPS) is 19.1. The molecular formula is C22H28F3N3O8. The molecular weight excluding hydrogens is 491 g/mol. The summed E-state index contributed by atoms with van der Waals surface area (Å²) in [6.45, 7) is 1.86. The Morgan fingerprint density at radius 2 is 1.75 bits per heavy atom. The molecule has 1 heterocycles. The number of amides is 2. The number of nitrogens with one attached hydrogen (secondary N) is 1. The van der Waals surface area contributed by atoms with Gasteiger partial charge in [0.2, 0.25) is 17.8 Å². The lowest BCUT2D eigenvalue weighted by atomic mass is 9.97. The summed E-state index contributed by atoms with van der Waals surface area (Å²) in [6.07, 6.45) is -4.17. The van der Waals surface area contributed by atoms with Crippen molar-refractivity contribution in [3.05, 3.63) is 47.7 Å². The molecule has 0 aromatic heterocycles. The Bertz CT molecular complexity index is 940. The number of aliphatic hydroxyl groups excluding tert-OH is 1. The topological polar surface area (TPSA) is 184 Å². The Hall–Kier alpha value is -3.65. The van der Waals surface area contributed by atoms with Crippen molar-refractivity contribution in [2.45, 2.75) is 44.1 Å². The highest BCUT2D eigenvalue weighted by molar-refractivity contribution is 5.88. The van der Waals surface area contributed by atoms with E-state index in [1.54, 1.807) is 0 Å². The fourth-order valence-corrected chi connectivity index (χ4v) is 3.20. The van der Waals surface area contributed by atoms with Crippen LogP contribution in [0.15, 0.2) is 42.2 Å². The lowest BCUT2D eigenvalue weighted by Crippen LogP contribution is -2.74.